The number of carbonyl (C=O) groups is 1. The molecule has 1 N–H and O–H groups in total. The second-order valence-electron chi connectivity index (χ2n) is 7.52. The van der Waals surface area contributed by atoms with E-state index < -0.39 is 12.5 Å². The van der Waals surface area contributed by atoms with Gasteiger partial charge in [0.1, 0.15) is 18.2 Å². The molecule has 4 aromatic rings. The Kier molecular flexibility index (Phi) is 6.44. The topological polar surface area (TPSA) is 56.1 Å². The smallest absolute Gasteiger partial charge is 0.320 e. The van der Waals surface area contributed by atoms with Gasteiger partial charge in [-0.15, -0.1) is 0 Å². The van der Waals surface area contributed by atoms with Crippen LogP contribution in [-0.4, -0.2) is 22.0 Å². The van der Waals surface area contributed by atoms with E-state index in [0.717, 1.165) is 10.1 Å². The monoisotopic (exact) mass is 435 g/mol. The Balaban J connectivity index is 1.37. The summed E-state index contributed by atoms with van der Waals surface area (Å²) in [6.45, 7) is -0.323. The van der Waals surface area contributed by atoms with Gasteiger partial charge in [0.2, 0.25) is 0 Å². The number of alkyl halides is 2. The number of aromatic nitrogens is 2. The van der Waals surface area contributed by atoms with Gasteiger partial charge >= 0.3 is 6.55 Å². The number of fused-ring (bicyclic) bond motifs is 1. The average molecular weight is 435 g/mol. The number of benzene rings is 3. The van der Waals surface area contributed by atoms with Crippen LogP contribution in [0.25, 0.3) is 11.0 Å². The van der Waals surface area contributed by atoms with Crippen molar-refractivity contribution in [3.05, 3.63) is 95.8 Å². The quantitative estimate of drug-likeness (QED) is 0.395. The maximum Gasteiger partial charge on any atom is 0.320 e. The van der Waals surface area contributed by atoms with Crippen molar-refractivity contribution in [3.8, 4) is 5.75 Å². The zero-order chi connectivity index (χ0) is 22.5. The van der Waals surface area contributed by atoms with Crippen LogP contribution in [0, 0.1) is 0 Å². The fourth-order valence-corrected chi connectivity index (χ4v) is 3.50. The highest BCUT2D eigenvalue weighted by Gasteiger charge is 2.22. The largest absolute Gasteiger partial charge is 0.489 e. The summed E-state index contributed by atoms with van der Waals surface area (Å²) in [5, 5.41) is 2.81. The highest BCUT2D eigenvalue weighted by Crippen LogP contribution is 2.27. The molecule has 1 atom stereocenters. The fraction of sp³-hybridized carbons (Fsp3) is 0.200. The zero-order valence-electron chi connectivity index (χ0n) is 17.5. The number of para-hydroxylation sites is 2. The third kappa shape index (κ3) is 4.77. The van der Waals surface area contributed by atoms with E-state index in [1.165, 1.54) is 0 Å². The van der Waals surface area contributed by atoms with Crippen LogP contribution in [0.2, 0.25) is 0 Å². The lowest BCUT2D eigenvalue weighted by Crippen LogP contribution is -2.28. The zero-order valence-corrected chi connectivity index (χ0v) is 17.5. The molecule has 32 heavy (non-hydrogen) atoms. The maximum absolute atomic E-state index is 13.6. The minimum absolute atomic E-state index is 0.182. The van der Waals surface area contributed by atoms with E-state index in [1.807, 2.05) is 30.3 Å². The van der Waals surface area contributed by atoms with Crippen molar-refractivity contribution in [3.63, 3.8) is 0 Å². The molecule has 1 amide bonds. The molecular formula is C25H23F2N3O2. The number of imidazole rings is 1. The van der Waals surface area contributed by atoms with Crippen LogP contribution in [0.4, 0.5) is 8.78 Å². The summed E-state index contributed by atoms with van der Waals surface area (Å²) in [5.41, 5.74) is 2.40. The summed E-state index contributed by atoms with van der Waals surface area (Å²) in [5.74, 6) is 0.218. The van der Waals surface area contributed by atoms with Crippen molar-refractivity contribution in [2.24, 2.45) is 0 Å². The first-order valence-electron chi connectivity index (χ1n) is 10.3. The Labute approximate surface area is 184 Å². The van der Waals surface area contributed by atoms with Crippen LogP contribution in [0.15, 0.2) is 78.9 Å². The molecule has 0 aliphatic heterocycles. The van der Waals surface area contributed by atoms with Crippen molar-refractivity contribution in [1.82, 2.24) is 14.9 Å². The van der Waals surface area contributed by atoms with Gasteiger partial charge in [0.25, 0.3) is 5.91 Å². The fourth-order valence-electron chi connectivity index (χ4n) is 3.50. The Morgan fingerprint density at radius 1 is 1.00 bits per heavy atom. The molecule has 0 unspecified atom stereocenters. The molecule has 0 aliphatic rings. The molecule has 1 aromatic heterocycles. The van der Waals surface area contributed by atoms with Gasteiger partial charge in [-0.25, -0.2) is 4.98 Å². The standard InChI is InChI=1S/C25H23F2N3O2/c1-17(23-29-21-9-5-6-10-22(21)30(23)25(26)27)15-28-24(31)19-11-13-20(14-12-19)32-16-18-7-3-2-4-8-18/h2-14,17,25H,15-16H2,1H3,(H,28,31)/t17-/m1/s1. The van der Waals surface area contributed by atoms with Gasteiger partial charge in [-0.05, 0) is 42.0 Å². The predicted octanol–water partition coefficient (Wildman–Crippen LogP) is 5.54. The molecule has 164 valence electrons. The minimum Gasteiger partial charge on any atom is -0.489 e. The summed E-state index contributed by atoms with van der Waals surface area (Å²) in [4.78, 5) is 16.9. The summed E-state index contributed by atoms with van der Waals surface area (Å²) in [6, 6.07) is 23.4. The number of rotatable bonds is 8. The lowest BCUT2D eigenvalue weighted by molar-refractivity contribution is 0.0704. The Morgan fingerprint density at radius 2 is 1.69 bits per heavy atom. The third-order valence-corrected chi connectivity index (χ3v) is 5.19. The lowest BCUT2D eigenvalue weighted by atomic mass is 10.1. The van der Waals surface area contributed by atoms with Crippen LogP contribution in [0.5, 0.6) is 5.75 Å². The molecule has 5 nitrogen and oxygen atoms in total. The van der Waals surface area contributed by atoms with Gasteiger partial charge in [-0.2, -0.15) is 8.78 Å². The normalized spacial score (nSPS) is 12.1. The number of nitrogens with one attached hydrogen (secondary N) is 1. The van der Waals surface area contributed by atoms with Gasteiger partial charge in [-0.3, -0.25) is 9.36 Å². The van der Waals surface area contributed by atoms with Crippen molar-refractivity contribution in [1.29, 1.82) is 0 Å². The van der Waals surface area contributed by atoms with Crippen molar-refractivity contribution in [2.75, 3.05) is 6.54 Å². The average Bonchev–Trinajstić information content (AvgIpc) is 3.22. The molecule has 0 saturated carbocycles. The van der Waals surface area contributed by atoms with Crippen LogP contribution >= 0.6 is 0 Å². The molecule has 0 bridgehead atoms. The van der Waals surface area contributed by atoms with E-state index in [4.69, 9.17) is 4.74 Å². The van der Waals surface area contributed by atoms with E-state index in [0.29, 0.717) is 29.0 Å². The molecule has 1 heterocycles. The first-order valence-corrected chi connectivity index (χ1v) is 10.3. The number of carbonyl (C=O) groups excluding carboxylic acids is 1. The number of hydrogen-bond donors (Lipinski definition) is 1. The Bertz CT molecular complexity index is 1190. The van der Waals surface area contributed by atoms with Crippen LogP contribution < -0.4 is 10.1 Å². The SMILES string of the molecule is C[C@H](CNC(=O)c1ccc(OCc2ccccc2)cc1)c1nc2ccccc2n1C(F)F. The first-order chi connectivity index (χ1) is 15.5. The number of halogens is 2. The predicted molar refractivity (Wildman–Crippen MR) is 119 cm³/mol. The third-order valence-electron chi connectivity index (χ3n) is 5.19. The molecule has 0 spiro atoms. The summed E-state index contributed by atoms with van der Waals surface area (Å²) in [7, 11) is 0. The van der Waals surface area contributed by atoms with E-state index in [1.54, 1.807) is 55.5 Å². The van der Waals surface area contributed by atoms with E-state index in [-0.39, 0.29) is 18.3 Å². The maximum atomic E-state index is 13.6. The van der Waals surface area contributed by atoms with E-state index in [2.05, 4.69) is 10.3 Å². The van der Waals surface area contributed by atoms with Crippen molar-refractivity contribution < 1.29 is 18.3 Å². The van der Waals surface area contributed by atoms with E-state index >= 15 is 0 Å². The molecule has 7 heteroatoms. The molecule has 4 rings (SSSR count). The van der Waals surface area contributed by atoms with Crippen molar-refractivity contribution in [2.45, 2.75) is 26.0 Å². The minimum atomic E-state index is -2.71. The van der Waals surface area contributed by atoms with Gasteiger partial charge in [0.15, 0.2) is 0 Å². The van der Waals surface area contributed by atoms with Crippen LogP contribution in [0.1, 0.15) is 41.1 Å². The summed E-state index contributed by atoms with van der Waals surface area (Å²) in [6.07, 6.45) is 0. The summed E-state index contributed by atoms with van der Waals surface area (Å²) < 4.78 is 34.0. The lowest BCUT2D eigenvalue weighted by Gasteiger charge is -2.15. The molecular weight excluding hydrogens is 412 g/mol. The summed E-state index contributed by atoms with van der Waals surface area (Å²) >= 11 is 0. The first kappa shape index (κ1) is 21.5. The molecule has 0 fully saturated rings. The number of amides is 1. The highest BCUT2D eigenvalue weighted by atomic mass is 19.3. The van der Waals surface area contributed by atoms with Gasteiger partial charge < -0.3 is 10.1 Å². The molecule has 0 aliphatic carbocycles. The van der Waals surface area contributed by atoms with Crippen LogP contribution in [-0.2, 0) is 6.61 Å². The second-order valence-corrected chi connectivity index (χ2v) is 7.52. The van der Waals surface area contributed by atoms with E-state index in [9.17, 15) is 13.6 Å². The molecule has 3 aromatic carbocycles. The van der Waals surface area contributed by atoms with Crippen LogP contribution in [0.3, 0.4) is 0 Å². The number of nitrogens with zero attached hydrogens (tertiary/aromatic N) is 2. The van der Waals surface area contributed by atoms with Gasteiger partial charge in [0, 0.05) is 18.0 Å². The number of hydrogen-bond acceptors (Lipinski definition) is 3. The van der Waals surface area contributed by atoms with Gasteiger partial charge in [0.05, 0.1) is 11.0 Å². The molecule has 0 radical (unpaired) electrons. The highest BCUT2D eigenvalue weighted by molar-refractivity contribution is 5.94. The number of ether oxygens (including phenoxy) is 1. The van der Waals surface area contributed by atoms with Crippen molar-refractivity contribution >= 4 is 16.9 Å². The Hall–Kier alpha value is -3.74. The Morgan fingerprint density at radius 3 is 2.41 bits per heavy atom. The second kappa shape index (κ2) is 9.60. The molecule has 0 saturated heterocycles. The van der Waals surface area contributed by atoms with Gasteiger partial charge in [-0.1, -0.05) is 49.4 Å².